The number of hydrogen-bond acceptors (Lipinski definition) is 6. The van der Waals surface area contributed by atoms with Gasteiger partial charge in [-0.3, -0.25) is 0 Å². The average Bonchev–Trinajstić information content (AvgIpc) is 3.02. The summed E-state index contributed by atoms with van der Waals surface area (Å²) in [6.07, 6.45) is 1.79. The van der Waals surface area contributed by atoms with E-state index in [0.717, 1.165) is 54.6 Å². The van der Waals surface area contributed by atoms with Gasteiger partial charge in [0, 0.05) is 37.0 Å². The summed E-state index contributed by atoms with van der Waals surface area (Å²) < 4.78 is 30.1. The van der Waals surface area contributed by atoms with Crippen LogP contribution in [0.25, 0.3) is 10.8 Å². The van der Waals surface area contributed by atoms with Gasteiger partial charge >= 0.3 is 5.97 Å². The number of nitrogens with one attached hydrogen (secondary N) is 2. The van der Waals surface area contributed by atoms with Crippen LogP contribution in [0.4, 0.5) is 4.39 Å². The van der Waals surface area contributed by atoms with E-state index in [9.17, 15) is 9.18 Å². The van der Waals surface area contributed by atoms with Gasteiger partial charge in [0.2, 0.25) is 0 Å². The lowest BCUT2D eigenvalue weighted by Gasteiger charge is -2.33. The molecule has 0 radical (unpaired) electrons. The van der Waals surface area contributed by atoms with Gasteiger partial charge in [-0.15, -0.1) is 0 Å². The minimum atomic E-state index is -0.316. The van der Waals surface area contributed by atoms with Crippen LogP contribution < -0.4 is 15.4 Å². The van der Waals surface area contributed by atoms with E-state index in [4.69, 9.17) is 14.2 Å². The average molecular weight is 571 g/mol. The first-order valence-corrected chi connectivity index (χ1v) is 14.6. The van der Waals surface area contributed by atoms with Crippen molar-refractivity contribution in [3.05, 3.63) is 112 Å². The molecule has 1 aliphatic rings. The minimum absolute atomic E-state index is 0.236. The molecule has 0 unspecified atom stereocenters. The number of fused-ring (bicyclic) bond motifs is 1. The van der Waals surface area contributed by atoms with Crippen molar-refractivity contribution in [3.8, 4) is 5.75 Å². The molecule has 0 aliphatic carbocycles. The van der Waals surface area contributed by atoms with Crippen molar-refractivity contribution in [1.29, 1.82) is 0 Å². The van der Waals surface area contributed by atoms with Crippen LogP contribution in [0.2, 0.25) is 0 Å². The number of carbonyl (C=O) groups is 1. The highest BCUT2D eigenvalue weighted by Gasteiger charge is 2.26. The van der Waals surface area contributed by atoms with Gasteiger partial charge in [-0.25, -0.2) is 9.18 Å². The largest absolute Gasteiger partial charge is 0.494 e. The van der Waals surface area contributed by atoms with Crippen LogP contribution in [-0.4, -0.2) is 45.4 Å². The molecule has 1 heterocycles. The summed E-state index contributed by atoms with van der Waals surface area (Å²) in [4.78, 5) is 12.0. The molecule has 4 aromatic carbocycles. The molecule has 1 fully saturated rings. The van der Waals surface area contributed by atoms with E-state index < -0.39 is 0 Å². The minimum Gasteiger partial charge on any atom is -0.494 e. The van der Waals surface area contributed by atoms with Crippen LogP contribution in [-0.2, 0) is 22.6 Å². The zero-order chi connectivity index (χ0) is 29.3. The monoisotopic (exact) mass is 570 g/mol. The zero-order valence-electron chi connectivity index (χ0n) is 24.3. The molecule has 2 atom stereocenters. The Bertz CT molecular complexity index is 1490. The van der Waals surface area contributed by atoms with E-state index in [2.05, 4.69) is 41.0 Å². The fourth-order valence-corrected chi connectivity index (χ4v) is 5.62. The highest BCUT2D eigenvalue weighted by Crippen LogP contribution is 2.28. The van der Waals surface area contributed by atoms with Crippen LogP contribution in [0, 0.1) is 12.7 Å². The van der Waals surface area contributed by atoms with Crippen molar-refractivity contribution in [1.82, 2.24) is 10.6 Å². The Morgan fingerprint density at radius 2 is 1.86 bits per heavy atom. The topological polar surface area (TPSA) is 68.8 Å². The number of ether oxygens (including phenoxy) is 3. The van der Waals surface area contributed by atoms with Gasteiger partial charge < -0.3 is 24.8 Å². The van der Waals surface area contributed by atoms with Gasteiger partial charge in [0.05, 0.1) is 32.5 Å². The standard InChI is InChI=1S/C35H39FN2O4/c1-24-18-29(35(39)40-2)20-27-9-8-25(19-32(24)27)21-38-34-22-37-15-14-31(34)26-10-12-30(13-11-26)42-17-5-16-41-23-28-6-3-4-7-33(28)36/h3-4,6-13,18-20,31,34,37-38H,5,14-17,21-23H2,1-2H3/t31-,34-/m1/s1. The Hall–Kier alpha value is -3.78. The summed E-state index contributed by atoms with van der Waals surface area (Å²) in [5.41, 5.74) is 4.72. The molecule has 5 rings (SSSR count). The lowest BCUT2D eigenvalue weighted by Crippen LogP contribution is -2.47. The number of piperidine rings is 1. The molecule has 2 N–H and O–H groups in total. The summed E-state index contributed by atoms with van der Waals surface area (Å²) in [6.45, 7) is 6.02. The van der Waals surface area contributed by atoms with Gasteiger partial charge in [-0.1, -0.05) is 42.5 Å². The second kappa shape index (κ2) is 14.4. The number of halogens is 1. The van der Waals surface area contributed by atoms with Gasteiger partial charge in [0.25, 0.3) is 0 Å². The molecule has 0 spiro atoms. The molecule has 42 heavy (non-hydrogen) atoms. The molecule has 0 saturated carbocycles. The second-order valence-electron chi connectivity index (χ2n) is 10.8. The van der Waals surface area contributed by atoms with Crippen molar-refractivity contribution < 1.29 is 23.4 Å². The number of carbonyl (C=O) groups excluding carboxylic acids is 1. The molecule has 0 bridgehead atoms. The van der Waals surface area contributed by atoms with Crippen LogP contribution in [0.1, 0.15) is 51.4 Å². The van der Waals surface area contributed by atoms with Crippen LogP contribution in [0.5, 0.6) is 5.75 Å². The van der Waals surface area contributed by atoms with E-state index >= 15 is 0 Å². The van der Waals surface area contributed by atoms with Gasteiger partial charge in [0.1, 0.15) is 11.6 Å². The SMILES string of the molecule is COC(=O)c1cc(C)c2cc(CN[C@@H]3CNCC[C@@H]3c3ccc(OCCCOCc4ccccc4F)cc3)ccc2c1. The van der Waals surface area contributed by atoms with E-state index in [1.165, 1.54) is 24.3 Å². The molecule has 6 nitrogen and oxygen atoms in total. The number of rotatable bonds is 12. The maximum Gasteiger partial charge on any atom is 0.337 e. The van der Waals surface area contributed by atoms with Crippen molar-refractivity contribution in [2.45, 2.75) is 44.9 Å². The predicted molar refractivity (Wildman–Crippen MR) is 163 cm³/mol. The number of methoxy groups -OCH3 is 1. The third-order valence-corrected chi connectivity index (χ3v) is 7.92. The summed E-state index contributed by atoms with van der Waals surface area (Å²) in [7, 11) is 1.41. The molecular weight excluding hydrogens is 531 g/mol. The van der Waals surface area contributed by atoms with Crippen LogP contribution >= 0.6 is 0 Å². The summed E-state index contributed by atoms with van der Waals surface area (Å²) >= 11 is 0. The predicted octanol–water partition coefficient (Wildman–Crippen LogP) is 6.29. The molecule has 4 aromatic rings. The first-order valence-electron chi connectivity index (χ1n) is 14.6. The second-order valence-corrected chi connectivity index (χ2v) is 10.8. The first-order chi connectivity index (χ1) is 20.5. The molecular formula is C35H39FN2O4. The van der Waals surface area contributed by atoms with Gasteiger partial charge in [0.15, 0.2) is 0 Å². The lowest BCUT2D eigenvalue weighted by atomic mass is 9.86. The molecule has 1 saturated heterocycles. The zero-order valence-corrected chi connectivity index (χ0v) is 24.3. The number of benzene rings is 4. The summed E-state index contributed by atoms with van der Waals surface area (Å²) in [5, 5.41) is 9.51. The Morgan fingerprint density at radius 3 is 2.67 bits per heavy atom. The Kier molecular flexibility index (Phi) is 10.2. The van der Waals surface area contributed by atoms with Crippen molar-refractivity contribution in [3.63, 3.8) is 0 Å². The maximum absolute atomic E-state index is 13.7. The first kappa shape index (κ1) is 29.7. The third-order valence-electron chi connectivity index (χ3n) is 7.92. The quantitative estimate of drug-likeness (QED) is 0.154. The molecule has 0 aromatic heterocycles. The van der Waals surface area contributed by atoms with Crippen LogP contribution in [0.15, 0.2) is 78.9 Å². The third kappa shape index (κ3) is 7.53. The maximum atomic E-state index is 13.7. The fraction of sp³-hybridized carbons (Fsp3) is 0.343. The van der Waals surface area contributed by atoms with Crippen molar-refractivity contribution in [2.24, 2.45) is 0 Å². The van der Waals surface area contributed by atoms with Gasteiger partial charge in [-0.05, 0) is 83.8 Å². The number of aryl methyl sites for hydroxylation is 1. The number of esters is 1. The number of hydrogen-bond donors (Lipinski definition) is 2. The normalized spacial score (nSPS) is 16.8. The van der Waals surface area contributed by atoms with E-state index in [1.54, 1.807) is 12.1 Å². The summed E-state index contributed by atoms with van der Waals surface area (Å²) in [6, 6.07) is 25.6. The summed E-state index contributed by atoms with van der Waals surface area (Å²) in [5.74, 6) is 0.690. The van der Waals surface area contributed by atoms with Crippen molar-refractivity contribution in [2.75, 3.05) is 33.4 Å². The Labute approximate surface area is 247 Å². The van der Waals surface area contributed by atoms with E-state index in [-0.39, 0.29) is 18.4 Å². The Morgan fingerprint density at radius 1 is 1.02 bits per heavy atom. The smallest absolute Gasteiger partial charge is 0.337 e. The Balaban J connectivity index is 1.12. The van der Waals surface area contributed by atoms with E-state index in [1.807, 2.05) is 37.3 Å². The molecule has 1 aliphatic heterocycles. The highest BCUT2D eigenvalue weighted by atomic mass is 19.1. The van der Waals surface area contributed by atoms with Gasteiger partial charge in [-0.2, -0.15) is 0 Å². The van der Waals surface area contributed by atoms with E-state index in [0.29, 0.717) is 36.3 Å². The molecule has 7 heteroatoms. The van der Waals surface area contributed by atoms with Crippen LogP contribution in [0.3, 0.4) is 0 Å². The molecule has 0 amide bonds. The molecule has 220 valence electrons. The lowest BCUT2D eigenvalue weighted by molar-refractivity contribution is 0.0601. The highest BCUT2D eigenvalue weighted by molar-refractivity contribution is 5.97. The van der Waals surface area contributed by atoms with Crippen molar-refractivity contribution >= 4 is 16.7 Å². The fourth-order valence-electron chi connectivity index (χ4n) is 5.62.